The predicted molar refractivity (Wildman–Crippen MR) is 134 cm³/mol. The van der Waals surface area contributed by atoms with Gasteiger partial charge in [0.2, 0.25) is 11.9 Å². The van der Waals surface area contributed by atoms with Crippen molar-refractivity contribution in [2.75, 3.05) is 31.6 Å². The highest BCUT2D eigenvalue weighted by atomic mass is 32.1. The summed E-state index contributed by atoms with van der Waals surface area (Å²) >= 11 is 1.10. The molecule has 1 fully saturated rings. The average molecular weight is 535 g/mol. The van der Waals surface area contributed by atoms with Crippen LogP contribution in [0.4, 0.5) is 24.3 Å². The first kappa shape index (κ1) is 25.4. The van der Waals surface area contributed by atoms with Crippen molar-refractivity contribution < 1.29 is 27.8 Å². The molecule has 4 aromatic rings. The summed E-state index contributed by atoms with van der Waals surface area (Å²) in [6, 6.07) is 8.11. The zero-order valence-electron chi connectivity index (χ0n) is 20.0. The van der Waals surface area contributed by atoms with Gasteiger partial charge in [0.1, 0.15) is 6.23 Å². The van der Waals surface area contributed by atoms with E-state index in [1.165, 1.54) is 6.07 Å². The second-order valence-electron chi connectivity index (χ2n) is 8.80. The number of morpholine rings is 1. The molecule has 2 aromatic carbocycles. The molecule has 0 radical (unpaired) electrons. The third kappa shape index (κ3) is 5.25. The lowest BCUT2D eigenvalue weighted by molar-refractivity contribution is -0.138. The number of anilines is 2. The Balaban J connectivity index is 1.32. The topological polar surface area (TPSA) is 105 Å². The molecule has 3 N–H and O–H groups in total. The first-order valence-electron chi connectivity index (χ1n) is 11.6. The number of aromatic nitrogens is 3. The molecule has 1 unspecified atom stereocenters. The van der Waals surface area contributed by atoms with E-state index in [2.05, 4.69) is 20.6 Å². The summed E-state index contributed by atoms with van der Waals surface area (Å²) in [7, 11) is 1.80. The Morgan fingerprint density at radius 2 is 1.89 bits per heavy atom. The SMILES string of the molecule is C[C@@H](NC(O)c1ccc2c(c1)nc(Nc1nc3ccc(C(F)(F)F)cc3s1)n2C)C(=O)N1CCOCC1. The number of hydrogen-bond donors (Lipinski definition) is 3. The highest BCUT2D eigenvalue weighted by molar-refractivity contribution is 7.22. The van der Waals surface area contributed by atoms with Crippen LogP contribution in [0.25, 0.3) is 21.3 Å². The van der Waals surface area contributed by atoms with Gasteiger partial charge >= 0.3 is 6.18 Å². The Morgan fingerprint density at radius 3 is 2.62 bits per heavy atom. The Labute approximate surface area is 213 Å². The van der Waals surface area contributed by atoms with Crippen LogP contribution in [-0.4, -0.2) is 62.8 Å². The minimum atomic E-state index is -4.42. The number of aliphatic hydroxyl groups excluding tert-OH is 1. The molecule has 37 heavy (non-hydrogen) atoms. The lowest BCUT2D eigenvalue weighted by Crippen LogP contribution is -2.49. The third-order valence-corrected chi connectivity index (χ3v) is 7.19. The lowest BCUT2D eigenvalue weighted by atomic mass is 10.1. The van der Waals surface area contributed by atoms with Gasteiger partial charge in [0.15, 0.2) is 5.13 Å². The Kier molecular flexibility index (Phi) is 6.79. The minimum Gasteiger partial charge on any atom is -0.378 e. The van der Waals surface area contributed by atoms with Crippen LogP contribution in [0.1, 0.15) is 24.3 Å². The van der Waals surface area contributed by atoms with Crippen LogP contribution in [0.5, 0.6) is 0 Å². The highest BCUT2D eigenvalue weighted by Crippen LogP contribution is 2.35. The molecule has 1 amide bonds. The number of nitrogens with one attached hydrogen (secondary N) is 2. The molecule has 0 aliphatic carbocycles. The number of benzene rings is 2. The summed E-state index contributed by atoms with van der Waals surface area (Å²) in [5, 5.41) is 17.1. The molecule has 2 aromatic heterocycles. The molecule has 0 bridgehead atoms. The zero-order valence-corrected chi connectivity index (χ0v) is 20.9. The van der Waals surface area contributed by atoms with Crippen molar-refractivity contribution in [1.82, 2.24) is 24.8 Å². The second kappa shape index (κ2) is 9.89. The second-order valence-corrected chi connectivity index (χ2v) is 9.83. The average Bonchev–Trinajstić information content (AvgIpc) is 3.42. The van der Waals surface area contributed by atoms with Crippen LogP contribution in [0.3, 0.4) is 0 Å². The number of amides is 1. The van der Waals surface area contributed by atoms with Gasteiger partial charge in [-0.05, 0) is 42.8 Å². The molecule has 0 spiro atoms. The third-order valence-electron chi connectivity index (χ3n) is 6.26. The molecule has 196 valence electrons. The number of ether oxygens (including phenoxy) is 1. The van der Waals surface area contributed by atoms with Crippen molar-refractivity contribution >= 4 is 49.6 Å². The van der Waals surface area contributed by atoms with E-state index in [0.29, 0.717) is 58.7 Å². The number of alkyl halides is 3. The van der Waals surface area contributed by atoms with E-state index >= 15 is 0 Å². The van der Waals surface area contributed by atoms with Crippen LogP contribution in [0, 0.1) is 0 Å². The van der Waals surface area contributed by atoms with Crippen LogP contribution < -0.4 is 10.6 Å². The van der Waals surface area contributed by atoms with Crippen LogP contribution in [0.15, 0.2) is 36.4 Å². The summed E-state index contributed by atoms with van der Waals surface area (Å²) in [6.45, 7) is 3.75. The van der Waals surface area contributed by atoms with Crippen molar-refractivity contribution in [3.05, 3.63) is 47.5 Å². The maximum atomic E-state index is 13.0. The number of imidazole rings is 1. The maximum absolute atomic E-state index is 13.0. The number of aryl methyl sites for hydroxylation is 1. The van der Waals surface area contributed by atoms with Gasteiger partial charge < -0.3 is 24.6 Å². The Hall–Kier alpha value is -3.26. The molecule has 13 heteroatoms. The van der Waals surface area contributed by atoms with Gasteiger partial charge in [0.25, 0.3) is 0 Å². The van der Waals surface area contributed by atoms with Crippen LogP contribution in [-0.2, 0) is 22.8 Å². The van der Waals surface area contributed by atoms with Crippen molar-refractivity contribution in [2.24, 2.45) is 7.05 Å². The van der Waals surface area contributed by atoms with Gasteiger partial charge in [-0.25, -0.2) is 9.97 Å². The lowest BCUT2D eigenvalue weighted by Gasteiger charge is -2.30. The number of nitrogens with zero attached hydrogens (tertiary/aromatic N) is 4. The number of hydrogen-bond acceptors (Lipinski definition) is 8. The molecule has 2 atom stereocenters. The Morgan fingerprint density at radius 1 is 1.14 bits per heavy atom. The number of aliphatic hydroxyl groups is 1. The molecular formula is C24H25F3N6O3S. The molecule has 1 aliphatic rings. The summed E-state index contributed by atoms with van der Waals surface area (Å²) in [5.41, 5.74) is 1.64. The van der Waals surface area contributed by atoms with Gasteiger partial charge in [-0.1, -0.05) is 17.4 Å². The van der Waals surface area contributed by atoms with Crippen molar-refractivity contribution in [2.45, 2.75) is 25.4 Å². The number of carbonyl (C=O) groups excluding carboxylic acids is 1. The molecule has 1 saturated heterocycles. The van der Waals surface area contributed by atoms with Gasteiger partial charge in [-0.3, -0.25) is 10.1 Å². The van der Waals surface area contributed by atoms with Gasteiger partial charge in [0.05, 0.1) is 46.1 Å². The fourth-order valence-corrected chi connectivity index (χ4v) is 5.11. The zero-order chi connectivity index (χ0) is 26.3. The van der Waals surface area contributed by atoms with Crippen molar-refractivity contribution in [3.8, 4) is 0 Å². The van der Waals surface area contributed by atoms with E-state index in [0.717, 1.165) is 29.0 Å². The van der Waals surface area contributed by atoms with E-state index in [1.807, 2.05) is 0 Å². The summed E-state index contributed by atoms with van der Waals surface area (Å²) in [5.74, 6) is 0.339. The summed E-state index contributed by atoms with van der Waals surface area (Å²) in [6.07, 6.45) is -5.51. The van der Waals surface area contributed by atoms with E-state index in [-0.39, 0.29) is 5.91 Å². The molecule has 3 heterocycles. The fraction of sp³-hybridized carbons (Fsp3) is 0.375. The van der Waals surface area contributed by atoms with Gasteiger partial charge in [0, 0.05) is 20.1 Å². The number of halogens is 3. The largest absolute Gasteiger partial charge is 0.416 e. The van der Waals surface area contributed by atoms with Crippen molar-refractivity contribution in [3.63, 3.8) is 0 Å². The van der Waals surface area contributed by atoms with Gasteiger partial charge in [-0.2, -0.15) is 13.2 Å². The number of carbonyl (C=O) groups is 1. The van der Waals surface area contributed by atoms with Gasteiger partial charge in [-0.15, -0.1) is 0 Å². The van der Waals surface area contributed by atoms with Crippen molar-refractivity contribution in [1.29, 1.82) is 0 Å². The number of thiazole rings is 1. The smallest absolute Gasteiger partial charge is 0.378 e. The highest BCUT2D eigenvalue weighted by Gasteiger charge is 2.31. The predicted octanol–water partition coefficient (Wildman–Crippen LogP) is 3.77. The minimum absolute atomic E-state index is 0.106. The number of rotatable bonds is 6. The molecule has 1 aliphatic heterocycles. The summed E-state index contributed by atoms with van der Waals surface area (Å²) < 4.78 is 46.6. The van der Waals surface area contributed by atoms with E-state index in [1.54, 1.807) is 41.6 Å². The first-order chi connectivity index (χ1) is 17.6. The van der Waals surface area contributed by atoms with Crippen LogP contribution in [0.2, 0.25) is 0 Å². The Bertz CT molecular complexity index is 1450. The standard InChI is InChI=1S/C24H25F3N6O3S/c1-13(21(35)33-7-9-36-10-8-33)28-20(34)14-3-6-18-17(11-14)29-22(32(18)2)31-23-30-16-5-4-15(24(25,26)27)12-19(16)37-23/h3-6,11-13,20,28,34H,7-10H2,1-2H3,(H,29,30,31)/t13-,20?/m1/s1. The normalized spacial score (nSPS) is 16.3. The first-order valence-corrected chi connectivity index (χ1v) is 12.4. The summed E-state index contributed by atoms with van der Waals surface area (Å²) in [4.78, 5) is 23.3. The quantitative estimate of drug-likeness (QED) is 0.324. The molecular weight excluding hydrogens is 509 g/mol. The van der Waals surface area contributed by atoms with E-state index in [4.69, 9.17) is 4.74 Å². The van der Waals surface area contributed by atoms with Crippen LogP contribution >= 0.6 is 11.3 Å². The maximum Gasteiger partial charge on any atom is 0.416 e. The number of fused-ring (bicyclic) bond motifs is 2. The molecule has 5 rings (SSSR count). The van der Waals surface area contributed by atoms with E-state index in [9.17, 15) is 23.1 Å². The fourth-order valence-electron chi connectivity index (χ4n) is 4.21. The van der Waals surface area contributed by atoms with E-state index < -0.39 is 24.0 Å². The monoisotopic (exact) mass is 534 g/mol. The molecule has 0 saturated carbocycles. The molecule has 9 nitrogen and oxygen atoms in total.